The predicted molar refractivity (Wildman–Crippen MR) is 85.1 cm³/mol. The van der Waals surface area contributed by atoms with Crippen molar-refractivity contribution in [2.75, 3.05) is 39.3 Å². The maximum absolute atomic E-state index is 11.4. The van der Waals surface area contributed by atoms with Crippen LogP contribution in [0.25, 0.3) is 0 Å². The van der Waals surface area contributed by atoms with E-state index in [1.54, 1.807) is 0 Å². The van der Waals surface area contributed by atoms with Gasteiger partial charge in [-0.1, -0.05) is 0 Å². The Kier molecular flexibility index (Phi) is 6.94. The summed E-state index contributed by atoms with van der Waals surface area (Å²) in [6, 6.07) is 0. The first-order valence-corrected chi connectivity index (χ1v) is 7.91. The molecule has 15 heavy (non-hydrogen) atoms. The Balaban J connectivity index is 2.12. The molecule has 0 aromatic rings. The number of hydrogen-bond donors (Lipinski definition) is 1. The van der Waals surface area contributed by atoms with Crippen LogP contribution in [0.5, 0.6) is 0 Å². The van der Waals surface area contributed by atoms with Crippen LogP contribution in [0.2, 0.25) is 0 Å². The van der Waals surface area contributed by atoms with E-state index < -0.39 is -0.565 Å². The molecule has 1 rings (SSSR count). The fraction of sp³-hybridized carbons (Fsp3) is 0.875. The monoisotopic (exact) mass is 550 g/mol. The van der Waals surface area contributed by atoms with Crippen molar-refractivity contribution in [1.29, 1.82) is 0 Å². The average Bonchev–Trinajstić information content (AvgIpc) is 2.18. The molecule has 0 aliphatic carbocycles. The summed E-state index contributed by atoms with van der Waals surface area (Å²) >= 11 is 6.22. The zero-order valence-corrected chi connectivity index (χ0v) is 14.6. The van der Waals surface area contributed by atoms with E-state index in [1.165, 1.54) is 0 Å². The molecular weight excluding hydrogens is 537 g/mol. The lowest BCUT2D eigenvalue weighted by atomic mass is 10.4. The standard InChI is InChI=1S/C8H13I3N2O2/c9-8(10,11)7(14)15-6-5-13-3-1-12-2-4-13/h12H,1-6H2. The minimum Gasteiger partial charge on any atom is -0.462 e. The van der Waals surface area contributed by atoms with Crippen molar-refractivity contribution in [1.82, 2.24) is 10.2 Å². The molecule has 1 heterocycles. The molecule has 1 N–H and O–H groups in total. The van der Waals surface area contributed by atoms with E-state index in [-0.39, 0.29) is 5.97 Å². The van der Waals surface area contributed by atoms with E-state index in [9.17, 15) is 4.79 Å². The number of ether oxygens (including phenoxy) is 1. The van der Waals surface area contributed by atoms with Crippen LogP contribution in [0.15, 0.2) is 0 Å². The molecule has 0 radical (unpaired) electrons. The number of rotatable bonds is 4. The summed E-state index contributed by atoms with van der Waals surface area (Å²) in [5.74, 6) is -0.153. The third-order valence-corrected chi connectivity index (χ3v) is 3.40. The number of halogens is 3. The number of hydrogen-bond acceptors (Lipinski definition) is 4. The highest BCUT2D eigenvalue weighted by molar-refractivity contribution is 14.3. The molecule has 7 heteroatoms. The van der Waals surface area contributed by atoms with Gasteiger partial charge in [-0.2, -0.15) is 0 Å². The van der Waals surface area contributed by atoms with Crippen molar-refractivity contribution in [2.24, 2.45) is 0 Å². The van der Waals surface area contributed by atoms with E-state index >= 15 is 0 Å². The van der Waals surface area contributed by atoms with Crippen molar-refractivity contribution >= 4 is 73.7 Å². The summed E-state index contributed by atoms with van der Waals surface area (Å²) in [4.78, 5) is 13.7. The van der Waals surface area contributed by atoms with Gasteiger partial charge < -0.3 is 10.1 Å². The average molecular weight is 550 g/mol. The second kappa shape index (κ2) is 7.11. The summed E-state index contributed by atoms with van der Waals surface area (Å²) in [7, 11) is 0. The summed E-state index contributed by atoms with van der Waals surface area (Å²) in [6.07, 6.45) is 0. The van der Waals surface area contributed by atoms with Crippen LogP contribution in [-0.4, -0.2) is 49.6 Å². The highest BCUT2D eigenvalue weighted by Gasteiger charge is 2.30. The maximum atomic E-state index is 11.4. The number of nitrogens with one attached hydrogen (secondary N) is 1. The van der Waals surface area contributed by atoms with E-state index in [4.69, 9.17) is 4.74 Å². The van der Waals surface area contributed by atoms with Crippen LogP contribution in [0, 0.1) is 0 Å². The van der Waals surface area contributed by atoms with Gasteiger partial charge >= 0.3 is 5.97 Å². The lowest BCUT2D eigenvalue weighted by molar-refractivity contribution is -0.141. The molecule has 0 atom stereocenters. The van der Waals surface area contributed by atoms with E-state index in [0.717, 1.165) is 32.7 Å². The number of esters is 1. The van der Waals surface area contributed by atoms with Gasteiger partial charge in [0, 0.05) is 32.7 Å². The van der Waals surface area contributed by atoms with Crippen LogP contribution >= 0.6 is 67.8 Å². The van der Waals surface area contributed by atoms with Gasteiger partial charge in [-0.3, -0.25) is 4.90 Å². The van der Waals surface area contributed by atoms with Crippen LogP contribution in [0.3, 0.4) is 0 Å². The number of carbonyl (C=O) groups is 1. The molecule has 4 nitrogen and oxygen atoms in total. The Morgan fingerprint density at radius 2 is 1.93 bits per heavy atom. The Morgan fingerprint density at radius 3 is 2.47 bits per heavy atom. The summed E-state index contributed by atoms with van der Waals surface area (Å²) in [6.45, 7) is 5.48. The Morgan fingerprint density at radius 1 is 1.33 bits per heavy atom. The van der Waals surface area contributed by atoms with Gasteiger partial charge in [-0.25, -0.2) is 4.79 Å². The number of nitrogens with zero attached hydrogens (tertiary/aromatic N) is 1. The number of carbonyl (C=O) groups excluding carboxylic acids is 1. The van der Waals surface area contributed by atoms with Gasteiger partial charge in [-0.15, -0.1) is 0 Å². The van der Waals surface area contributed by atoms with Crippen LogP contribution < -0.4 is 5.32 Å². The highest BCUT2D eigenvalue weighted by Crippen LogP contribution is 2.36. The van der Waals surface area contributed by atoms with Crippen molar-refractivity contribution in [3.8, 4) is 0 Å². The number of piperazine rings is 1. The van der Waals surface area contributed by atoms with Crippen LogP contribution in [0.4, 0.5) is 0 Å². The molecule has 0 bridgehead atoms. The first-order valence-electron chi connectivity index (χ1n) is 4.67. The zero-order valence-electron chi connectivity index (χ0n) is 8.14. The molecule has 88 valence electrons. The first-order chi connectivity index (χ1) is 7.00. The summed E-state index contributed by atoms with van der Waals surface area (Å²) in [5.41, 5.74) is 0. The Hall–Kier alpha value is 1.58. The van der Waals surface area contributed by atoms with Crippen molar-refractivity contribution < 1.29 is 9.53 Å². The third kappa shape index (κ3) is 6.17. The molecule has 0 aromatic heterocycles. The molecule has 1 aliphatic rings. The fourth-order valence-electron chi connectivity index (χ4n) is 1.28. The van der Waals surface area contributed by atoms with Crippen molar-refractivity contribution in [3.63, 3.8) is 0 Å². The van der Waals surface area contributed by atoms with Crippen molar-refractivity contribution in [2.45, 2.75) is -0.565 Å². The van der Waals surface area contributed by atoms with Gasteiger partial charge in [0.15, 0.2) is 0 Å². The maximum Gasteiger partial charge on any atom is 0.342 e. The van der Waals surface area contributed by atoms with E-state index in [1.807, 2.05) is 0 Å². The molecule has 0 amide bonds. The minimum absolute atomic E-state index is 0.153. The van der Waals surface area contributed by atoms with Gasteiger partial charge in [0.2, 0.25) is -0.565 Å². The van der Waals surface area contributed by atoms with Gasteiger partial charge in [0.25, 0.3) is 0 Å². The largest absolute Gasteiger partial charge is 0.462 e. The molecule has 0 saturated carbocycles. The second-order valence-electron chi connectivity index (χ2n) is 3.23. The normalized spacial score (nSPS) is 18.9. The molecule has 1 aliphatic heterocycles. The fourth-order valence-corrected chi connectivity index (χ4v) is 1.75. The SMILES string of the molecule is O=C(OCCN1CCNCC1)C(I)(I)I. The first kappa shape index (κ1) is 14.6. The summed E-state index contributed by atoms with van der Waals surface area (Å²) < 4.78 is 4.71. The van der Waals surface area contributed by atoms with E-state index in [2.05, 4.69) is 78.0 Å². The molecule has 1 saturated heterocycles. The van der Waals surface area contributed by atoms with Gasteiger partial charge in [0.05, 0.1) is 0 Å². The lowest BCUT2D eigenvalue weighted by Crippen LogP contribution is -2.44. The van der Waals surface area contributed by atoms with Crippen LogP contribution in [0.1, 0.15) is 0 Å². The van der Waals surface area contributed by atoms with Crippen LogP contribution in [-0.2, 0) is 9.53 Å². The smallest absolute Gasteiger partial charge is 0.342 e. The highest BCUT2D eigenvalue weighted by atomic mass is 127. The quantitative estimate of drug-likeness (QED) is 0.327. The zero-order chi connectivity index (χ0) is 11.3. The molecule has 0 unspecified atom stereocenters. The number of alkyl halides is 3. The Bertz CT molecular complexity index is 214. The lowest BCUT2D eigenvalue weighted by Gasteiger charge is -2.27. The molecule has 0 aromatic carbocycles. The van der Waals surface area contributed by atoms with Gasteiger partial charge in [-0.05, 0) is 67.8 Å². The molecular formula is C8H13I3N2O2. The predicted octanol–water partition coefficient (Wildman–Crippen LogP) is 1.39. The summed E-state index contributed by atoms with van der Waals surface area (Å²) in [5, 5.41) is 3.29. The topological polar surface area (TPSA) is 41.6 Å². The van der Waals surface area contributed by atoms with Gasteiger partial charge in [0.1, 0.15) is 6.61 Å². The Labute approximate surface area is 131 Å². The minimum atomic E-state index is -0.475. The molecule has 0 spiro atoms. The second-order valence-corrected chi connectivity index (χ2v) is 14.3. The van der Waals surface area contributed by atoms with E-state index in [0.29, 0.717) is 6.61 Å². The van der Waals surface area contributed by atoms with Crippen molar-refractivity contribution in [3.05, 3.63) is 0 Å². The third-order valence-electron chi connectivity index (χ3n) is 2.08. The molecule has 1 fully saturated rings.